The molecule has 6 nitrogen and oxygen atoms in total. The number of carboxylic acids is 1. The van der Waals surface area contributed by atoms with Crippen molar-refractivity contribution in [1.82, 2.24) is 14.3 Å². The molecule has 0 radical (unpaired) electrons. The minimum absolute atomic E-state index is 0.0223. The van der Waals surface area contributed by atoms with E-state index in [0.29, 0.717) is 23.4 Å². The molecule has 0 atom stereocenters. The molecule has 1 N–H and O–H groups in total. The van der Waals surface area contributed by atoms with Crippen LogP contribution in [0.5, 0.6) is 0 Å². The van der Waals surface area contributed by atoms with Gasteiger partial charge in [0.2, 0.25) is 5.43 Å². The molecule has 3 aromatic carbocycles. The van der Waals surface area contributed by atoms with E-state index in [9.17, 15) is 14.7 Å². The topological polar surface area (TPSA) is 77.1 Å². The molecule has 0 amide bonds. The molecule has 164 valence electrons. The number of benzene rings is 3. The molecule has 7 heteroatoms. The summed E-state index contributed by atoms with van der Waals surface area (Å²) < 4.78 is 18.5. The number of aryl methyl sites for hydroxylation is 2. The predicted molar refractivity (Wildman–Crippen MR) is 126 cm³/mol. The lowest BCUT2D eigenvalue weighted by molar-refractivity contribution is 0.0695. The van der Waals surface area contributed by atoms with Gasteiger partial charge in [0.1, 0.15) is 17.1 Å². The Morgan fingerprint density at radius 2 is 1.82 bits per heavy atom. The van der Waals surface area contributed by atoms with Gasteiger partial charge in [-0.2, -0.15) is 5.10 Å². The third-order valence-electron chi connectivity index (χ3n) is 5.82. The van der Waals surface area contributed by atoms with Crippen LogP contribution in [-0.2, 0) is 6.54 Å². The summed E-state index contributed by atoms with van der Waals surface area (Å²) in [5.74, 6) is -2.00. The first-order valence-corrected chi connectivity index (χ1v) is 10.5. The van der Waals surface area contributed by atoms with Gasteiger partial charge in [-0.1, -0.05) is 36.4 Å². The second kappa shape index (κ2) is 7.70. The van der Waals surface area contributed by atoms with E-state index in [4.69, 9.17) is 0 Å². The highest BCUT2D eigenvalue weighted by Gasteiger charge is 2.19. The van der Waals surface area contributed by atoms with Gasteiger partial charge < -0.3 is 9.67 Å². The number of carboxylic acid groups (broad SMARTS) is 1. The summed E-state index contributed by atoms with van der Waals surface area (Å²) in [4.78, 5) is 24.2. The van der Waals surface area contributed by atoms with Gasteiger partial charge in [-0.3, -0.25) is 4.79 Å². The molecule has 2 heterocycles. The lowest BCUT2D eigenvalue weighted by Crippen LogP contribution is -2.19. The molecule has 2 aromatic heterocycles. The molecule has 5 rings (SSSR count). The van der Waals surface area contributed by atoms with Crippen molar-refractivity contribution < 1.29 is 14.3 Å². The van der Waals surface area contributed by atoms with Gasteiger partial charge >= 0.3 is 5.97 Å². The minimum Gasteiger partial charge on any atom is -0.477 e. The number of rotatable bonds is 4. The number of aromatic carboxylic acids is 1. The quantitative estimate of drug-likeness (QED) is 0.417. The molecule has 5 aromatic rings. The lowest BCUT2D eigenvalue weighted by atomic mass is 10.0. The van der Waals surface area contributed by atoms with Crippen LogP contribution in [0.25, 0.3) is 38.6 Å². The third-order valence-corrected chi connectivity index (χ3v) is 5.82. The van der Waals surface area contributed by atoms with E-state index >= 15 is 4.39 Å². The van der Waals surface area contributed by atoms with Crippen molar-refractivity contribution in [2.24, 2.45) is 0 Å². The number of fused-ring (bicyclic) bond motifs is 2. The Hall–Kier alpha value is -4.26. The second-order valence-electron chi connectivity index (χ2n) is 7.93. The molecule has 0 unspecified atom stereocenters. The third kappa shape index (κ3) is 3.38. The van der Waals surface area contributed by atoms with E-state index < -0.39 is 17.2 Å². The van der Waals surface area contributed by atoms with Crippen LogP contribution in [0.1, 0.15) is 23.0 Å². The monoisotopic (exact) mass is 441 g/mol. The summed E-state index contributed by atoms with van der Waals surface area (Å²) in [6.07, 6.45) is 1.30. The maximum absolute atomic E-state index is 15.4. The first kappa shape index (κ1) is 20.6. The van der Waals surface area contributed by atoms with Crippen LogP contribution in [0.2, 0.25) is 0 Å². The maximum Gasteiger partial charge on any atom is 0.341 e. The average molecular weight is 441 g/mol. The second-order valence-corrected chi connectivity index (χ2v) is 7.93. The Kier molecular flexibility index (Phi) is 4.82. The zero-order valence-electron chi connectivity index (χ0n) is 18.0. The predicted octanol–water partition coefficient (Wildman–Crippen LogP) is 5.17. The number of nitrogens with zero attached hydrogens (tertiary/aromatic N) is 3. The number of pyridine rings is 1. The fourth-order valence-corrected chi connectivity index (χ4v) is 4.21. The van der Waals surface area contributed by atoms with Gasteiger partial charge in [0.15, 0.2) is 0 Å². The fraction of sp³-hybridized carbons (Fsp3) is 0.115. The Balaban J connectivity index is 1.76. The Morgan fingerprint density at radius 1 is 1.06 bits per heavy atom. The average Bonchev–Trinajstić information content (AvgIpc) is 3.20. The molecule has 0 aliphatic heterocycles. The molecule has 0 saturated heterocycles. The molecule has 0 aliphatic carbocycles. The SMILES string of the molecule is CCn1cc(C(=O)O)c(=O)c2cc(F)c(-n3nc(C)cc3-c3ccc4ccccc4c3)cc21. The summed E-state index contributed by atoms with van der Waals surface area (Å²) in [7, 11) is 0. The number of hydrogen-bond donors (Lipinski definition) is 1. The molecule has 0 saturated carbocycles. The van der Waals surface area contributed by atoms with E-state index in [1.165, 1.54) is 10.9 Å². The highest BCUT2D eigenvalue weighted by atomic mass is 19.1. The van der Waals surface area contributed by atoms with Crippen molar-refractivity contribution in [2.75, 3.05) is 0 Å². The van der Waals surface area contributed by atoms with Crippen molar-refractivity contribution in [3.63, 3.8) is 0 Å². The number of hydrogen-bond acceptors (Lipinski definition) is 3. The Labute approximate surface area is 188 Å². The molecule has 0 fully saturated rings. The van der Waals surface area contributed by atoms with Crippen LogP contribution in [0.4, 0.5) is 4.39 Å². The molecular weight excluding hydrogens is 421 g/mol. The van der Waals surface area contributed by atoms with Crippen LogP contribution in [0, 0.1) is 12.7 Å². The zero-order chi connectivity index (χ0) is 23.3. The van der Waals surface area contributed by atoms with Crippen LogP contribution < -0.4 is 5.43 Å². The van der Waals surface area contributed by atoms with Crippen LogP contribution in [-0.4, -0.2) is 25.4 Å². The van der Waals surface area contributed by atoms with Crippen LogP contribution >= 0.6 is 0 Å². The Morgan fingerprint density at radius 3 is 2.55 bits per heavy atom. The van der Waals surface area contributed by atoms with Crippen LogP contribution in [0.3, 0.4) is 0 Å². The molecule has 33 heavy (non-hydrogen) atoms. The first-order valence-electron chi connectivity index (χ1n) is 10.5. The van der Waals surface area contributed by atoms with Gasteiger partial charge in [0.05, 0.1) is 16.9 Å². The van der Waals surface area contributed by atoms with E-state index in [0.717, 1.165) is 22.4 Å². The molecule has 0 aliphatic rings. The summed E-state index contributed by atoms with van der Waals surface area (Å²) in [5, 5.41) is 16.1. The molecule has 0 spiro atoms. The smallest absolute Gasteiger partial charge is 0.341 e. The lowest BCUT2D eigenvalue weighted by Gasteiger charge is -2.14. The van der Waals surface area contributed by atoms with Gasteiger partial charge in [-0.05, 0) is 48.9 Å². The summed E-state index contributed by atoms with van der Waals surface area (Å²) in [6, 6.07) is 18.5. The number of carbonyl (C=O) groups is 1. The van der Waals surface area contributed by atoms with Crippen molar-refractivity contribution in [1.29, 1.82) is 0 Å². The minimum atomic E-state index is -1.34. The largest absolute Gasteiger partial charge is 0.477 e. The first-order chi connectivity index (χ1) is 15.9. The van der Waals surface area contributed by atoms with Gasteiger partial charge in [0.25, 0.3) is 0 Å². The number of aromatic nitrogens is 3. The summed E-state index contributed by atoms with van der Waals surface area (Å²) in [6.45, 7) is 4.08. The summed E-state index contributed by atoms with van der Waals surface area (Å²) in [5.41, 5.74) is 1.84. The highest BCUT2D eigenvalue weighted by molar-refractivity contribution is 5.93. The summed E-state index contributed by atoms with van der Waals surface area (Å²) >= 11 is 0. The normalized spacial score (nSPS) is 11.4. The van der Waals surface area contributed by atoms with E-state index in [1.54, 1.807) is 10.6 Å². The van der Waals surface area contributed by atoms with E-state index in [-0.39, 0.29) is 16.6 Å². The number of halogens is 1. The van der Waals surface area contributed by atoms with Crippen molar-refractivity contribution in [2.45, 2.75) is 20.4 Å². The highest BCUT2D eigenvalue weighted by Crippen LogP contribution is 2.29. The Bertz CT molecular complexity index is 1630. The van der Waals surface area contributed by atoms with Crippen molar-refractivity contribution >= 4 is 27.6 Å². The molecule has 0 bridgehead atoms. The maximum atomic E-state index is 15.4. The van der Waals surface area contributed by atoms with Gasteiger partial charge in [-0.15, -0.1) is 0 Å². The van der Waals surface area contributed by atoms with Gasteiger partial charge in [-0.25, -0.2) is 13.9 Å². The van der Waals surface area contributed by atoms with E-state index in [2.05, 4.69) is 5.10 Å². The van der Waals surface area contributed by atoms with Crippen LogP contribution in [0.15, 0.2) is 71.7 Å². The zero-order valence-corrected chi connectivity index (χ0v) is 18.0. The molecular formula is C26H20FN3O3. The standard InChI is InChI=1S/C26H20FN3O3/c1-3-29-14-20(26(32)33)25(31)19-12-21(27)24(13-23(19)29)30-22(10-15(2)28-30)18-9-8-16-6-4-5-7-17(16)11-18/h4-14H,3H2,1-2H3,(H,32,33). The van der Waals surface area contributed by atoms with Gasteiger partial charge in [0, 0.05) is 23.7 Å². The fourth-order valence-electron chi connectivity index (χ4n) is 4.21. The van der Waals surface area contributed by atoms with Crippen molar-refractivity contribution in [3.8, 4) is 16.9 Å². The van der Waals surface area contributed by atoms with Crippen molar-refractivity contribution in [3.05, 3.63) is 94.2 Å². The van der Waals surface area contributed by atoms with E-state index in [1.807, 2.05) is 62.4 Å².